The molecule has 0 N–H and O–H groups in total. The van der Waals surface area contributed by atoms with Crippen LogP contribution in [0.2, 0.25) is 0 Å². The molecule has 10 aromatic carbocycles. The van der Waals surface area contributed by atoms with E-state index in [-0.39, 0.29) is 0 Å². The molecule has 13 rings (SSSR count). The molecule has 0 atom stereocenters. The third kappa shape index (κ3) is 6.16. The molecular formula is C60H39N3O2. The SMILES string of the molecule is c1ccc(N(c2cc(-c3ccc4c5ccccc5n(-c5ccccc5)c4c3)cc(N(c3ccccc3)c3ccc4c(c3)oc3ccccc34)c2)c2ccc3c(c2)oc2ccccc23)cc1. The van der Waals surface area contributed by atoms with Crippen LogP contribution in [0.5, 0.6) is 0 Å². The minimum absolute atomic E-state index is 0.838. The van der Waals surface area contributed by atoms with Gasteiger partial charge in [0.25, 0.3) is 0 Å². The molecule has 0 amide bonds. The van der Waals surface area contributed by atoms with Gasteiger partial charge in [-0.05, 0) is 114 Å². The fourth-order valence-electron chi connectivity index (χ4n) is 9.78. The molecule has 13 aromatic rings. The topological polar surface area (TPSA) is 37.7 Å². The van der Waals surface area contributed by atoms with Gasteiger partial charge in [-0.15, -0.1) is 0 Å². The Bertz CT molecular complexity index is 3730. The third-order valence-electron chi connectivity index (χ3n) is 12.7. The van der Waals surface area contributed by atoms with Crippen molar-refractivity contribution in [3.05, 3.63) is 237 Å². The lowest BCUT2D eigenvalue weighted by atomic mass is 10.00. The van der Waals surface area contributed by atoms with Crippen molar-refractivity contribution in [2.24, 2.45) is 0 Å². The summed E-state index contributed by atoms with van der Waals surface area (Å²) in [6, 6.07) is 84.0. The number of furan rings is 2. The zero-order valence-electron chi connectivity index (χ0n) is 35.2. The van der Waals surface area contributed by atoms with Gasteiger partial charge in [-0.25, -0.2) is 0 Å². The van der Waals surface area contributed by atoms with E-state index in [1.165, 1.54) is 16.3 Å². The number of para-hydroxylation sites is 6. The van der Waals surface area contributed by atoms with E-state index in [1.54, 1.807) is 0 Å². The van der Waals surface area contributed by atoms with Gasteiger partial charge in [0.2, 0.25) is 0 Å². The molecule has 0 unspecified atom stereocenters. The minimum Gasteiger partial charge on any atom is -0.456 e. The first kappa shape index (κ1) is 36.8. The predicted octanol–water partition coefficient (Wildman–Crippen LogP) is 17.2. The second kappa shape index (κ2) is 14.9. The number of hydrogen-bond acceptors (Lipinski definition) is 4. The second-order valence-electron chi connectivity index (χ2n) is 16.6. The highest BCUT2D eigenvalue weighted by atomic mass is 16.3. The van der Waals surface area contributed by atoms with E-state index in [0.717, 1.165) is 100 Å². The summed E-state index contributed by atoms with van der Waals surface area (Å²) < 4.78 is 15.4. The zero-order valence-corrected chi connectivity index (χ0v) is 35.2. The Morgan fingerprint density at radius 1 is 0.262 bits per heavy atom. The van der Waals surface area contributed by atoms with Gasteiger partial charge < -0.3 is 23.2 Å². The van der Waals surface area contributed by atoms with E-state index < -0.39 is 0 Å². The number of rotatable bonds is 8. The van der Waals surface area contributed by atoms with Gasteiger partial charge in [0, 0.05) is 84.3 Å². The van der Waals surface area contributed by atoms with Crippen molar-refractivity contribution in [2.75, 3.05) is 9.80 Å². The van der Waals surface area contributed by atoms with Gasteiger partial charge >= 0.3 is 0 Å². The molecule has 0 aliphatic rings. The van der Waals surface area contributed by atoms with Crippen LogP contribution in [0.25, 0.3) is 82.5 Å². The van der Waals surface area contributed by atoms with Crippen LogP contribution in [-0.2, 0) is 0 Å². The molecule has 0 aliphatic carbocycles. The van der Waals surface area contributed by atoms with Gasteiger partial charge in [0.15, 0.2) is 0 Å². The van der Waals surface area contributed by atoms with E-state index in [4.69, 9.17) is 8.83 Å². The predicted molar refractivity (Wildman–Crippen MR) is 270 cm³/mol. The molecule has 0 spiro atoms. The molecule has 0 saturated carbocycles. The summed E-state index contributed by atoms with van der Waals surface area (Å²) in [6.07, 6.45) is 0. The van der Waals surface area contributed by atoms with Crippen molar-refractivity contribution in [1.82, 2.24) is 4.57 Å². The highest BCUT2D eigenvalue weighted by Crippen LogP contribution is 2.46. The Balaban J connectivity index is 1.08. The Kier molecular flexibility index (Phi) is 8.46. The summed E-state index contributed by atoms with van der Waals surface area (Å²) in [4.78, 5) is 4.68. The highest BCUT2D eigenvalue weighted by molar-refractivity contribution is 6.11. The number of benzene rings is 10. The van der Waals surface area contributed by atoms with Crippen molar-refractivity contribution in [1.29, 1.82) is 0 Å². The van der Waals surface area contributed by atoms with Crippen molar-refractivity contribution in [3.63, 3.8) is 0 Å². The van der Waals surface area contributed by atoms with Crippen LogP contribution in [0.3, 0.4) is 0 Å². The molecule has 0 saturated heterocycles. The van der Waals surface area contributed by atoms with Gasteiger partial charge in [0.1, 0.15) is 22.3 Å². The Labute approximate surface area is 374 Å². The van der Waals surface area contributed by atoms with Crippen LogP contribution >= 0.6 is 0 Å². The fraction of sp³-hybridized carbons (Fsp3) is 0. The van der Waals surface area contributed by atoms with Gasteiger partial charge in [-0.2, -0.15) is 0 Å². The standard InChI is InChI=1S/C60H39N3O2/c1-4-16-42(17-5-1)61(45-29-32-53-51-23-11-14-26-57(51)64-59(53)38-45)47-34-41(40-28-31-50-49-22-10-13-25-55(49)63(56(50)36-40)44-20-8-3-9-21-44)35-48(37-47)62(43-18-6-2-7-19-43)46-30-33-54-52-24-12-15-27-58(52)65-60(54)39-46/h1-39H. The molecule has 65 heavy (non-hydrogen) atoms. The van der Waals surface area contributed by atoms with Gasteiger partial charge in [-0.1, -0.05) is 121 Å². The van der Waals surface area contributed by atoms with E-state index >= 15 is 0 Å². The fourth-order valence-corrected chi connectivity index (χ4v) is 9.78. The molecule has 306 valence electrons. The van der Waals surface area contributed by atoms with Gasteiger partial charge in [0.05, 0.1) is 11.0 Å². The van der Waals surface area contributed by atoms with E-state index in [0.29, 0.717) is 0 Å². The average Bonchev–Trinajstić information content (AvgIpc) is 4.04. The quantitative estimate of drug-likeness (QED) is 0.153. The lowest BCUT2D eigenvalue weighted by Gasteiger charge is -2.30. The number of aromatic nitrogens is 1. The maximum absolute atomic E-state index is 6.51. The molecule has 0 radical (unpaired) electrons. The first-order chi connectivity index (χ1) is 32.2. The number of nitrogens with zero attached hydrogens (tertiary/aromatic N) is 3. The summed E-state index contributed by atoms with van der Waals surface area (Å²) >= 11 is 0. The van der Waals surface area contributed by atoms with E-state index in [1.807, 2.05) is 24.3 Å². The van der Waals surface area contributed by atoms with Crippen LogP contribution < -0.4 is 9.80 Å². The number of anilines is 6. The molecule has 3 heterocycles. The number of fused-ring (bicyclic) bond motifs is 9. The maximum Gasteiger partial charge on any atom is 0.137 e. The third-order valence-corrected chi connectivity index (χ3v) is 12.7. The molecular weight excluding hydrogens is 795 g/mol. The number of hydrogen-bond donors (Lipinski definition) is 0. The van der Waals surface area contributed by atoms with E-state index in [9.17, 15) is 0 Å². The first-order valence-electron chi connectivity index (χ1n) is 22.0. The molecule has 0 aliphatic heterocycles. The smallest absolute Gasteiger partial charge is 0.137 e. The molecule has 0 bridgehead atoms. The monoisotopic (exact) mass is 833 g/mol. The summed E-state index contributed by atoms with van der Waals surface area (Å²) in [5, 5.41) is 6.82. The van der Waals surface area contributed by atoms with Crippen LogP contribution in [0.4, 0.5) is 34.1 Å². The highest BCUT2D eigenvalue weighted by Gasteiger charge is 2.22. The van der Waals surface area contributed by atoms with Crippen LogP contribution in [0, 0.1) is 0 Å². The largest absolute Gasteiger partial charge is 0.456 e. The van der Waals surface area contributed by atoms with Crippen LogP contribution in [0.1, 0.15) is 0 Å². The summed E-state index contributed by atoms with van der Waals surface area (Å²) in [7, 11) is 0. The lowest BCUT2D eigenvalue weighted by Crippen LogP contribution is -2.13. The lowest BCUT2D eigenvalue weighted by molar-refractivity contribution is 0.668. The molecule has 5 nitrogen and oxygen atoms in total. The Hall–Kier alpha value is -8.80. The molecule has 0 fully saturated rings. The second-order valence-corrected chi connectivity index (χ2v) is 16.6. The molecule has 5 heteroatoms. The molecule has 3 aromatic heterocycles. The van der Waals surface area contributed by atoms with Crippen molar-refractivity contribution in [2.45, 2.75) is 0 Å². The average molecular weight is 834 g/mol. The van der Waals surface area contributed by atoms with Crippen LogP contribution in [-0.4, -0.2) is 4.57 Å². The Morgan fingerprint density at radius 3 is 1.28 bits per heavy atom. The van der Waals surface area contributed by atoms with E-state index in [2.05, 4.69) is 227 Å². The summed E-state index contributed by atoms with van der Waals surface area (Å²) in [5.74, 6) is 0. The van der Waals surface area contributed by atoms with Crippen molar-refractivity contribution >= 4 is 99.8 Å². The van der Waals surface area contributed by atoms with Crippen LogP contribution in [0.15, 0.2) is 245 Å². The van der Waals surface area contributed by atoms with Crippen molar-refractivity contribution < 1.29 is 8.83 Å². The first-order valence-corrected chi connectivity index (χ1v) is 22.0. The Morgan fingerprint density at radius 2 is 0.708 bits per heavy atom. The van der Waals surface area contributed by atoms with Gasteiger partial charge in [-0.3, -0.25) is 0 Å². The van der Waals surface area contributed by atoms with Crippen molar-refractivity contribution in [3.8, 4) is 16.8 Å². The summed E-state index contributed by atoms with van der Waals surface area (Å²) in [5.41, 5.74) is 15.1. The summed E-state index contributed by atoms with van der Waals surface area (Å²) in [6.45, 7) is 0. The normalized spacial score (nSPS) is 11.7. The zero-order chi connectivity index (χ0) is 42.8. The maximum atomic E-state index is 6.51. The minimum atomic E-state index is 0.838.